The van der Waals surface area contributed by atoms with Gasteiger partial charge in [-0.2, -0.15) is 0 Å². The van der Waals surface area contributed by atoms with E-state index in [0.717, 1.165) is 18.0 Å². The first-order chi connectivity index (χ1) is 9.60. The zero-order valence-electron chi connectivity index (χ0n) is 12.3. The summed E-state index contributed by atoms with van der Waals surface area (Å²) in [6.45, 7) is 9.14. The lowest BCUT2D eigenvalue weighted by molar-refractivity contribution is 0.421. The molecule has 0 saturated heterocycles. The Bertz CT molecular complexity index is 538. The van der Waals surface area contributed by atoms with Gasteiger partial charge in [0.25, 0.3) is 0 Å². The van der Waals surface area contributed by atoms with E-state index in [4.69, 9.17) is 4.42 Å². The number of rotatable bonds is 7. The Morgan fingerprint density at radius 2 is 2.10 bits per heavy atom. The van der Waals surface area contributed by atoms with E-state index in [1.54, 1.807) is 11.3 Å². The number of thiazole rings is 1. The van der Waals surface area contributed by atoms with Gasteiger partial charge in [-0.15, -0.1) is 16.4 Å². The van der Waals surface area contributed by atoms with Crippen LogP contribution >= 0.6 is 11.3 Å². The molecular weight excluding hydrogens is 274 g/mol. The molecule has 2 N–H and O–H groups in total. The predicted molar refractivity (Wildman–Crippen MR) is 79.9 cm³/mol. The van der Waals surface area contributed by atoms with Crippen LogP contribution in [0.15, 0.2) is 10.6 Å². The van der Waals surface area contributed by atoms with Crippen molar-refractivity contribution in [1.82, 2.24) is 20.5 Å². The monoisotopic (exact) mass is 295 g/mol. The zero-order chi connectivity index (χ0) is 14.5. The van der Waals surface area contributed by atoms with Crippen molar-refractivity contribution in [2.45, 2.75) is 46.2 Å². The molecule has 2 heterocycles. The second kappa shape index (κ2) is 6.81. The first-order valence-electron chi connectivity index (χ1n) is 6.85. The maximum Gasteiger partial charge on any atom is 0.316 e. The van der Waals surface area contributed by atoms with E-state index >= 15 is 0 Å². The molecule has 0 aliphatic rings. The Kier molecular flexibility index (Phi) is 5.08. The molecule has 0 aromatic carbocycles. The second-order valence-corrected chi connectivity index (χ2v) is 6.06. The number of aromatic nitrogens is 3. The van der Waals surface area contributed by atoms with Gasteiger partial charge in [0, 0.05) is 11.1 Å². The highest BCUT2D eigenvalue weighted by atomic mass is 32.1. The summed E-state index contributed by atoms with van der Waals surface area (Å²) >= 11 is 1.66. The smallest absolute Gasteiger partial charge is 0.316 e. The molecule has 0 bridgehead atoms. The van der Waals surface area contributed by atoms with Gasteiger partial charge in [0.2, 0.25) is 5.89 Å². The average molecular weight is 295 g/mol. The van der Waals surface area contributed by atoms with Crippen molar-refractivity contribution in [3.63, 3.8) is 0 Å². The quantitative estimate of drug-likeness (QED) is 0.817. The van der Waals surface area contributed by atoms with Gasteiger partial charge in [-0.1, -0.05) is 12.0 Å². The summed E-state index contributed by atoms with van der Waals surface area (Å²) in [7, 11) is 0. The van der Waals surface area contributed by atoms with E-state index in [-0.39, 0.29) is 12.1 Å². The Balaban J connectivity index is 1.95. The van der Waals surface area contributed by atoms with E-state index in [1.807, 2.05) is 27.0 Å². The number of hydrogen-bond acceptors (Lipinski definition) is 7. The standard InChI is InChI=1S/C13H21N5OS/c1-5-6-14-9(3)11-17-18-13(19-11)16-10(4)12-15-7-8(2)20-12/h7,9-10,14H,5-6H2,1-4H3,(H,16,18). The van der Waals surface area contributed by atoms with Crippen LogP contribution in [0.5, 0.6) is 0 Å². The third kappa shape index (κ3) is 3.77. The molecule has 0 fully saturated rings. The Labute approximate surface area is 123 Å². The van der Waals surface area contributed by atoms with Crippen molar-refractivity contribution in [1.29, 1.82) is 0 Å². The number of aryl methyl sites for hydroxylation is 1. The number of nitrogens with zero attached hydrogens (tertiary/aromatic N) is 3. The Morgan fingerprint density at radius 1 is 1.30 bits per heavy atom. The fourth-order valence-corrected chi connectivity index (χ4v) is 2.51. The third-order valence-electron chi connectivity index (χ3n) is 2.86. The van der Waals surface area contributed by atoms with E-state index in [9.17, 15) is 0 Å². The van der Waals surface area contributed by atoms with Gasteiger partial charge >= 0.3 is 6.01 Å². The molecule has 0 radical (unpaired) electrons. The maximum atomic E-state index is 5.62. The van der Waals surface area contributed by atoms with Crippen molar-refractivity contribution in [3.8, 4) is 0 Å². The predicted octanol–water partition coefficient (Wildman–Crippen LogP) is 3.07. The van der Waals surface area contributed by atoms with Gasteiger partial charge < -0.3 is 15.1 Å². The molecule has 110 valence electrons. The molecule has 2 rings (SSSR count). The van der Waals surface area contributed by atoms with Crippen molar-refractivity contribution >= 4 is 17.4 Å². The average Bonchev–Trinajstić information content (AvgIpc) is 3.05. The van der Waals surface area contributed by atoms with Crippen LogP contribution in [-0.2, 0) is 0 Å². The van der Waals surface area contributed by atoms with Crippen LogP contribution in [0.3, 0.4) is 0 Å². The molecule has 6 nitrogen and oxygen atoms in total. The van der Waals surface area contributed by atoms with E-state index < -0.39 is 0 Å². The van der Waals surface area contributed by atoms with Gasteiger partial charge in [0.05, 0.1) is 12.1 Å². The fourth-order valence-electron chi connectivity index (χ4n) is 1.74. The largest absolute Gasteiger partial charge is 0.406 e. The fraction of sp³-hybridized carbons (Fsp3) is 0.615. The minimum absolute atomic E-state index is 0.0564. The second-order valence-electron chi connectivity index (χ2n) is 4.80. The van der Waals surface area contributed by atoms with Crippen molar-refractivity contribution in [3.05, 3.63) is 22.0 Å². The van der Waals surface area contributed by atoms with Gasteiger partial charge in [-0.25, -0.2) is 4.98 Å². The van der Waals surface area contributed by atoms with Gasteiger partial charge in [0.15, 0.2) is 0 Å². The highest BCUT2D eigenvalue weighted by Crippen LogP contribution is 2.23. The lowest BCUT2D eigenvalue weighted by Crippen LogP contribution is -2.19. The van der Waals surface area contributed by atoms with Crippen molar-refractivity contribution in [2.75, 3.05) is 11.9 Å². The summed E-state index contributed by atoms with van der Waals surface area (Å²) in [6, 6.07) is 0.557. The van der Waals surface area contributed by atoms with Gasteiger partial charge in [-0.05, 0) is 33.7 Å². The Hall–Kier alpha value is -1.47. The first-order valence-corrected chi connectivity index (χ1v) is 7.67. The lowest BCUT2D eigenvalue weighted by atomic mass is 10.3. The molecule has 0 saturated carbocycles. The third-order valence-corrected chi connectivity index (χ3v) is 3.96. The molecule has 2 aromatic heterocycles. The topological polar surface area (TPSA) is 75.9 Å². The van der Waals surface area contributed by atoms with E-state index in [0.29, 0.717) is 11.9 Å². The van der Waals surface area contributed by atoms with Crippen LogP contribution in [0.2, 0.25) is 0 Å². The number of nitrogens with one attached hydrogen (secondary N) is 2. The highest BCUT2D eigenvalue weighted by molar-refractivity contribution is 7.11. The summed E-state index contributed by atoms with van der Waals surface area (Å²) in [4.78, 5) is 5.54. The molecule has 2 atom stereocenters. The molecule has 0 spiro atoms. The summed E-state index contributed by atoms with van der Waals surface area (Å²) in [5, 5.41) is 15.6. The Morgan fingerprint density at radius 3 is 2.75 bits per heavy atom. The summed E-state index contributed by atoms with van der Waals surface area (Å²) in [5.74, 6) is 0.600. The molecule has 20 heavy (non-hydrogen) atoms. The van der Waals surface area contributed by atoms with Crippen LogP contribution in [0.1, 0.15) is 55.1 Å². The molecular formula is C13H21N5OS. The minimum Gasteiger partial charge on any atom is -0.406 e. The SMILES string of the molecule is CCCNC(C)c1nnc(NC(C)c2ncc(C)s2)o1. The molecule has 0 aliphatic heterocycles. The van der Waals surface area contributed by atoms with Crippen LogP contribution in [0.4, 0.5) is 6.01 Å². The number of hydrogen-bond donors (Lipinski definition) is 2. The van der Waals surface area contributed by atoms with Crippen LogP contribution in [0.25, 0.3) is 0 Å². The molecule has 2 unspecified atom stereocenters. The molecule has 2 aromatic rings. The van der Waals surface area contributed by atoms with Crippen molar-refractivity contribution in [2.24, 2.45) is 0 Å². The summed E-state index contributed by atoms with van der Waals surface area (Å²) in [5.41, 5.74) is 0. The normalized spacial score (nSPS) is 14.2. The first kappa shape index (κ1) is 14.9. The lowest BCUT2D eigenvalue weighted by Gasteiger charge is -2.09. The maximum absolute atomic E-state index is 5.62. The van der Waals surface area contributed by atoms with Crippen LogP contribution in [0, 0.1) is 6.92 Å². The molecule has 0 amide bonds. The summed E-state index contributed by atoms with van der Waals surface area (Å²) in [6.07, 6.45) is 2.94. The minimum atomic E-state index is 0.0564. The molecule has 0 aliphatic carbocycles. The highest BCUT2D eigenvalue weighted by Gasteiger charge is 2.16. The summed E-state index contributed by atoms with van der Waals surface area (Å²) < 4.78 is 5.62. The van der Waals surface area contributed by atoms with E-state index in [2.05, 4.69) is 32.7 Å². The number of anilines is 1. The molecule has 7 heteroatoms. The van der Waals surface area contributed by atoms with Crippen LogP contribution in [-0.4, -0.2) is 21.7 Å². The van der Waals surface area contributed by atoms with Gasteiger partial charge in [-0.3, -0.25) is 0 Å². The van der Waals surface area contributed by atoms with Crippen molar-refractivity contribution < 1.29 is 4.42 Å². The van der Waals surface area contributed by atoms with Gasteiger partial charge in [0.1, 0.15) is 5.01 Å². The zero-order valence-corrected chi connectivity index (χ0v) is 13.1. The van der Waals surface area contributed by atoms with E-state index in [1.165, 1.54) is 4.88 Å². The van der Waals surface area contributed by atoms with Crippen LogP contribution < -0.4 is 10.6 Å².